The number of piperazine rings is 1. The second-order valence-corrected chi connectivity index (χ2v) is 11.1. The summed E-state index contributed by atoms with van der Waals surface area (Å²) in [6.07, 6.45) is 1.66. The zero-order valence-corrected chi connectivity index (χ0v) is 22.0. The van der Waals surface area contributed by atoms with Crippen molar-refractivity contribution in [2.75, 3.05) is 36.4 Å². The van der Waals surface area contributed by atoms with Gasteiger partial charge < -0.3 is 10.2 Å². The van der Waals surface area contributed by atoms with Gasteiger partial charge in [0.1, 0.15) is 22.7 Å². The van der Waals surface area contributed by atoms with Crippen molar-refractivity contribution >= 4 is 38.4 Å². The molecular weight excluding hydrogens is 476 g/mol. The van der Waals surface area contributed by atoms with Gasteiger partial charge in [0.15, 0.2) is 5.13 Å². The number of tetrazole rings is 1. The SMILES string of the molecule is CC(C)n1nnnc1-c1cccc(NC(=O)c2cc3sc(N4CCN(C(C)(C)C)CC4)nc3cn2)n1. The highest BCUT2D eigenvalue weighted by Gasteiger charge is 2.27. The molecule has 5 heterocycles. The number of hydrogen-bond donors (Lipinski definition) is 1. The first-order valence-corrected chi connectivity index (χ1v) is 12.8. The van der Waals surface area contributed by atoms with Crippen LogP contribution in [0.1, 0.15) is 51.1 Å². The molecule has 11 nitrogen and oxygen atoms in total. The predicted octanol–water partition coefficient (Wildman–Crippen LogP) is 3.49. The van der Waals surface area contributed by atoms with Crippen LogP contribution in [0.3, 0.4) is 0 Å². The van der Waals surface area contributed by atoms with Crippen LogP contribution in [0.2, 0.25) is 0 Å². The van der Waals surface area contributed by atoms with Crippen molar-refractivity contribution < 1.29 is 4.79 Å². The van der Waals surface area contributed by atoms with Crippen LogP contribution in [-0.4, -0.2) is 77.7 Å². The summed E-state index contributed by atoms with van der Waals surface area (Å²) in [6.45, 7) is 14.6. The Balaban J connectivity index is 1.30. The van der Waals surface area contributed by atoms with Crippen molar-refractivity contribution in [1.82, 2.24) is 40.1 Å². The van der Waals surface area contributed by atoms with Crippen LogP contribution in [0.4, 0.5) is 10.9 Å². The Bertz CT molecular complexity index is 1380. The quantitative estimate of drug-likeness (QED) is 0.434. The molecule has 5 rings (SSSR count). The summed E-state index contributed by atoms with van der Waals surface area (Å²) in [7, 11) is 0. The van der Waals surface area contributed by atoms with Crippen LogP contribution >= 0.6 is 11.3 Å². The molecule has 1 aliphatic heterocycles. The molecule has 0 unspecified atom stereocenters. The topological polar surface area (TPSA) is 118 Å². The van der Waals surface area contributed by atoms with Gasteiger partial charge >= 0.3 is 0 Å². The van der Waals surface area contributed by atoms with E-state index in [4.69, 9.17) is 4.98 Å². The fourth-order valence-electron chi connectivity index (χ4n) is 4.17. The largest absolute Gasteiger partial charge is 0.345 e. The number of hydrogen-bond acceptors (Lipinski definition) is 10. The van der Waals surface area contributed by atoms with Crippen LogP contribution in [0.15, 0.2) is 30.5 Å². The molecule has 188 valence electrons. The minimum Gasteiger partial charge on any atom is -0.345 e. The number of nitrogens with zero attached hydrogens (tertiary/aromatic N) is 9. The van der Waals surface area contributed by atoms with Crippen LogP contribution < -0.4 is 10.2 Å². The second-order valence-electron chi connectivity index (χ2n) is 10.1. The summed E-state index contributed by atoms with van der Waals surface area (Å²) in [4.78, 5) is 31.4. The molecule has 1 saturated heterocycles. The lowest BCUT2D eigenvalue weighted by Crippen LogP contribution is -2.53. The van der Waals surface area contributed by atoms with E-state index in [2.05, 4.69) is 61.4 Å². The Labute approximate surface area is 213 Å². The lowest BCUT2D eigenvalue weighted by atomic mass is 10.1. The molecule has 1 N–H and O–H groups in total. The highest BCUT2D eigenvalue weighted by atomic mass is 32.1. The maximum Gasteiger partial charge on any atom is 0.275 e. The second kappa shape index (κ2) is 9.51. The smallest absolute Gasteiger partial charge is 0.275 e. The number of anilines is 2. The van der Waals surface area contributed by atoms with Crippen LogP contribution in [0.5, 0.6) is 0 Å². The van der Waals surface area contributed by atoms with E-state index in [1.165, 1.54) is 0 Å². The van der Waals surface area contributed by atoms with E-state index in [1.54, 1.807) is 34.3 Å². The summed E-state index contributed by atoms with van der Waals surface area (Å²) in [6, 6.07) is 7.22. The van der Waals surface area contributed by atoms with Crippen LogP contribution in [0.25, 0.3) is 21.7 Å². The Morgan fingerprint density at radius 2 is 1.89 bits per heavy atom. The van der Waals surface area contributed by atoms with Gasteiger partial charge in [0.05, 0.1) is 16.9 Å². The van der Waals surface area contributed by atoms with Gasteiger partial charge in [0.25, 0.3) is 5.91 Å². The average Bonchev–Trinajstić information content (AvgIpc) is 3.51. The minimum absolute atomic E-state index is 0.0811. The molecule has 0 aliphatic carbocycles. The number of pyridine rings is 2. The fourth-order valence-corrected chi connectivity index (χ4v) is 5.19. The fraction of sp³-hybridized carbons (Fsp3) is 0.458. The molecule has 1 fully saturated rings. The zero-order valence-electron chi connectivity index (χ0n) is 21.1. The lowest BCUT2D eigenvalue weighted by Gasteiger charge is -2.42. The van der Waals surface area contributed by atoms with Gasteiger partial charge in [-0.15, -0.1) is 5.10 Å². The van der Waals surface area contributed by atoms with Crippen molar-refractivity contribution in [1.29, 1.82) is 0 Å². The van der Waals surface area contributed by atoms with Crippen molar-refractivity contribution in [2.45, 2.75) is 46.2 Å². The summed E-state index contributed by atoms with van der Waals surface area (Å²) >= 11 is 1.59. The average molecular weight is 507 g/mol. The Kier molecular flexibility index (Phi) is 6.39. The lowest BCUT2D eigenvalue weighted by molar-refractivity contribution is 0.102. The molecule has 1 aliphatic rings. The molecule has 4 aromatic heterocycles. The molecule has 12 heteroatoms. The molecular formula is C24H30N10OS. The Morgan fingerprint density at radius 3 is 2.61 bits per heavy atom. The molecule has 0 aromatic carbocycles. The predicted molar refractivity (Wildman–Crippen MR) is 140 cm³/mol. The molecule has 0 bridgehead atoms. The number of rotatable bonds is 5. The Morgan fingerprint density at radius 1 is 1.11 bits per heavy atom. The molecule has 0 spiro atoms. The molecule has 4 aromatic rings. The normalized spacial score (nSPS) is 15.1. The summed E-state index contributed by atoms with van der Waals surface area (Å²) in [5.41, 5.74) is 1.86. The number of thiazole rings is 1. The van der Waals surface area contributed by atoms with Gasteiger partial charge in [-0.05, 0) is 63.2 Å². The third-order valence-electron chi connectivity index (χ3n) is 6.20. The number of nitrogens with one attached hydrogen (secondary N) is 1. The molecule has 1 amide bonds. The molecule has 0 atom stereocenters. The number of carbonyl (C=O) groups is 1. The summed E-state index contributed by atoms with van der Waals surface area (Å²) in [5.74, 6) is 0.610. The van der Waals surface area contributed by atoms with Crippen LogP contribution in [-0.2, 0) is 0 Å². The summed E-state index contributed by atoms with van der Waals surface area (Å²) in [5, 5.41) is 15.7. The number of aromatic nitrogens is 7. The van der Waals surface area contributed by atoms with Gasteiger partial charge in [0, 0.05) is 31.7 Å². The highest BCUT2D eigenvalue weighted by molar-refractivity contribution is 7.22. The monoisotopic (exact) mass is 506 g/mol. The maximum absolute atomic E-state index is 13.0. The summed E-state index contributed by atoms with van der Waals surface area (Å²) < 4.78 is 2.62. The van der Waals surface area contributed by atoms with E-state index in [9.17, 15) is 4.79 Å². The van der Waals surface area contributed by atoms with Crippen molar-refractivity contribution in [3.05, 3.63) is 36.2 Å². The zero-order chi connectivity index (χ0) is 25.4. The number of amides is 1. The number of fused-ring (bicyclic) bond motifs is 1. The van der Waals surface area contributed by atoms with Crippen molar-refractivity contribution in [3.63, 3.8) is 0 Å². The van der Waals surface area contributed by atoms with E-state index in [1.807, 2.05) is 26.0 Å². The third kappa shape index (κ3) is 4.91. The Hall–Kier alpha value is -3.51. The molecule has 0 saturated carbocycles. The highest BCUT2D eigenvalue weighted by Crippen LogP contribution is 2.30. The van der Waals surface area contributed by atoms with Gasteiger partial charge in [0.2, 0.25) is 5.82 Å². The van der Waals surface area contributed by atoms with E-state index in [-0.39, 0.29) is 17.5 Å². The standard InChI is InChI=1S/C24H30N10OS/c1-15(2)34-21(29-30-31-34)16-7-6-8-20(26-16)28-22(35)17-13-19-18(14-25-17)27-23(36-19)32-9-11-33(12-10-32)24(3,4)5/h6-8,13-15H,9-12H2,1-5H3,(H,26,28,35). The van der Waals surface area contributed by atoms with E-state index in [0.717, 1.165) is 41.5 Å². The first kappa shape index (κ1) is 24.2. The third-order valence-corrected chi connectivity index (χ3v) is 7.28. The van der Waals surface area contributed by atoms with Gasteiger partial charge in [-0.3, -0.25) is 9.69 Å². The van der Waals surface area contributed by atoms with Gasteiger partial charge in [-0.2, -0.15) is 0 Å². The first-order chi connectivity index (χ1) is 17.2. The minimum atomic E-state index is -0.334. The van der Waals surface area contributed by atoms with E-state index < -0.39 is 0 Å². The van der Waals surface area contributed by atoms with Gasteiger partial charge in [-0.25, -0.2) is 19.6 Å². The van der Waals surface area contributed by atoms with Crippen molar-refractivity contribution in [3.8, 4) is 11.5 Å². The van der Waals surface area contributed by atoms with E-state index in [0.29, 0.717) is 23.0 Å². The molecule has 0 radical (unpaired) electrons. The number of carbonyl (C=O) groups excluding carboxylic acids is 1. The maximum atomic E-state index is 13.0. The van der Waals surface area contributed by atoms with Crippen molar-refractivity contribution in [2.24, 2.45) is 0 Å². The molecule has 36 heavy (non-hydrogen) atoms. The van der Waals surface area contributed by atoms with E-state index >= 15 is 0 Å². The van der Waals surface area contributed by atoms with Gasteiger partial charge in [-0.1, -0.05) is 17.4 Å². The first-order valence-electron chi connectivity index (χ1n) is 12.0. The van der Waals surface area contributed by atoms with Crippen LogP contribution in [0, 0.1) is 0 Å².